The summed E-state index contributed by atoms with van der Waals surface area (Å²) >= 11 is 0. The highest BCUT2D eigenvalue weighted by Crippen LogP contribution is 2.29. The quantitative estimate of drug-likeness (QED) is 0.649. The van der Waals surface area contributed by atoms with Gasteiger partial charge in [0.15, 0.2) is 0 Å². The zero-order valence-electron chi connectivity index (χ0n) is 9.61. The van der Waals surface area contributed by atoms with Gasteiger partial charge in [-0.25, -0.2) is 0 Å². The Balaban J connectivity index is 2.17. The third kappa shape index (κ3) is 2.60. The van der Waals surface area contributed by atoms with Crippen LogP contribution in [0.15, 0.2) is 42.5 Å². The molecule has 0 radical (unpaired) electrons. The second-order valence-electron chi connectivity index (χ2n) is 4.57. The van der Waals surface area contributed by atoms with Crippen molar-refractivity contribution in [3.8, 4) is 0 Å². The molecule has 0 bridgehead atoms. The van der Waals surface area contributed by atoms with Gasteiger partial charge < -0.3 is 0 Å². The van der Waals surface area contributed by atoms with Gasteiger partial charge >= 0.3 is 0 Å². The summed E-state index contributed by atoms with van der Waals surface area (Å²) < 4.78 is 0. The van der Waals surface area contributed by atoms with Crippen LogP contribution in [0.1, 0.15) is 43.6 Å². The summed E-state index contributed by atoms with van der Waals surface area (Å²) in [5.41, 5.74) is 2.47. The maximum Gasteiger partial charge on any atom is 0.140 e. The molecule has 2 rings (SSSR count). The van der Waals surface area contributed by atoms with E-state index in [0.29, 0.717) is 12.2 Å². The summed E-state index contributed by atoms with van der Waals surface area (Å²) in [7, 11) is 0. The van der Waals surface area contributed by atoms with Crippen molar-refractivity contribution in [1.29, 1.82) is 0 Å². The van der Waals surface area contributed by atoms with Crippen molar-refractivity contribution in [3.05, 3.63) is 48.0 Å². The van der Waals surface area contributed by atoms with E-state index >= 15 is 0 Å². The van der Waals surface area contributed by atoms with E-state index in [0.717, 1.165) is 25.7 Å². The molecule has 0 aliphatic heterocycles. The zero-order chi connectivity index (χ0) is 11.4. The fourth-order valence-electron chi connectivity index (χ4n) is 2.36. The van der Waals surface area contributed by atoms with Crippen molar-refractivity contribution in [2.45, 2.75) is 38.0 Å². The lowest BCUT2D eigenvalue weighted by Crippen LogP contribution is -2.14. The monoisotopic (exact) mass is 214 g/mol. The number of benzene rings is 1. The standard InChI is InChI=1S/C15H18O/c1-12-6-5-9-15(16)14(11-10-12)13-7-3-2-4-8-13/h2-4,7-8,14H,1,5-6,9-11H2. The second kappa shape index (κ2) is 5.11. The molecule has 0 aromatic heterocycles. The summed E-state index contributed by atoms with van der Waals surface area (Å²) in [5.74, 6) is 0.497. The van der Waals surface area contributed by atoms with Crippen LogP contribution in [0.5, 0.6) is 0 Å². The number of ketones is 1. The van der Waals surface area contributed by atoms with Crippen molar-refractivity contribution in [3.63, 3.8) is 0 Å². The van der Waals surface area contributed by atoms with E-state index in [2.05, 4.69) is 18.7 Å². The molecule has 1 aliphatic rings. The molecule has 1 unspecified atom stereocenters. The highest BCUT2D eigenvalue weighted by Gasteiger charge is 2.21. The molecule has 1 aliphatic carbocycles. The molecule has 1 atom stereocenters. The van der Waals surface area contributed by atoms with E-state index in [9.17, 15) is 4.79 Å². The smallest absolute Gasteiger partial charge is 0.140 e. The first-order valence-corrected chi connectivity index (χ1v) is 6.01. The minimum atomic E-state index is 0.0956. The Hall–Kier alpha value is -1.37. The average molecular weight is 214 g/mol. The second-order valence-corrected chi connectivity index (χ2v) is 4.57. The first kappa shape index (κ1) is 11.1. The van der Waals surface area contributed by atoms with Gasteiger partial charge in [-0.15, -0.1) is 0 Å². The van der Waals surface area contributed by atoms with Crippen LogP contribution in [0, 0.1) is 0 Å². The van der Waals surface area contributed by atoms with Crippen molar-refractivity contribution < 1.29 is 4.79 Å². The Morgan fingerprint density at radius 1 is 1.06 bits per heavy atom. The minimum Gasteiger partial charge on any atom is -0.299 e. The van der Waals surface area contributed by atoms with Crippen molar-refractivity contribution >= 4 is 5.78 Å². The predicted molar refractivity (Wildman–Crippen MR) is 66.4 cm³/mol. The highest BCUT2D eigenvalue weighted by molar-refractivity contribution is 5.85. The van der Waals surface area contributed by atoms with E-state index in [-0.39, 0.29) is 5.92 Å². The topological polar surface area (TPSA) is 17.1 Å². The summed E-state index contributed by atoms with van der Waals surface area (Å²) in [6, 6.07) is 10.1. The van der Waals surface area contributed by atoms with Crippen LogP contribution in [0.3, 0.4) is 0 Å². The molecule has 0 N–H and O–H groups in total. The van der Waals surface area contributed by atoms with Gasteiger partial charge in [0.25, 0.3) is 0 Å². The van der Waals surface area contributed by atoms with Gasteiger partial charge in [-0.3, -0.25) is 4.79 Å². The summed E-state index contributed by atoms with van der Waals surface area (Å²) in [5, 5.41) is 0. The van der Waals surface area contributed by atoms with Gasteiger partial charge in [-0.2, -0.15) is 0 Å². The van der Waals surface area contributed by atoms with Crippen LogP contribution in [-0.2, 0) is 4.79 Å². The van der Waals surface area contributed by atoms with E-state index in [4.69, 9.17) is 0 Å². The molecular weight excluding hydrogens is 196 g/mol. The number of rotatable bonds is 1. The lowest BCUT2D eigenvalue weighted by atomic mass is 9.84. The highest BCUT2D eigenvalue weighted by atomic mass is 16.1. The van der Waals surface area contributed by atoms with Gasteiger partial charge in [-0.05, 0) is 31.2 Å². The maximum atomic E-state index is 12.0. The lowest BCUT2D eigenvalue weighted by molar-refractivity contribution is -0.120. The molecule has 1 aromatic rings. The summed E-state index contributed by atoms with van der Waals surface area (Å²) in [6.07, 6.45) is 4.62. The van der Waals surface area contributed by atoms with Crippen LogP contribution < -0.4 is 0 Å². The van der Waals surface area contributed by atoms with Crippen LogP contribution in [-0.4, -0.2) is 5.78 Å². The molecule has 0 amide bonds. The third-order valence-corrected chi connectivity index (χ3v) is 3.33. The molecule has 0 spiro atoms. The lowest BCUT2D eigenvalue weighted by Gasteiger charge is -2.20. The van der Waals surface area contributed by atoms with E-state index in [1.165, 1.54) is 11.1 Å². The third-order valence-electron chi connectivity index (χ3n) is 3.33. The first-order valence-electron chi connectivity index (χ1n) is 6.01. The number of allylic oxidation sites excluding steroid dienone is 1. The molecule has 1 fully saturated rings. The van der Waals surface area contributed by atoms with Crippen LogP contribution in [0.25, 0.3) is 0 Å². The molecular formula is C15H18O. The van der Waals surface area contributed by atoms with E-state index in [1.807, 2.05) is 18.2 Å². The van der Waals surface area contributed by atoms with Crippen molar-refractivity contribution in [2.24, 2.45) is 0 Å². The van der Waals surface area contributed by atoms with Gasteiger partial charge in [0.1, 0.15) is 5.78 Å². The molecule has 16 heavy (non-hydrogen) atoms. The van der Waals surface area contributed by atoms with Gasteiger partial charge in [-0.1, -0.05) is 42.5 Å². The van der Waals surface area contributed by atoms with Gasteiger partial charge in [0.2, 0.25) is 0 Å². The van der Waals surface area contributed by atoms with Gasteiger partial charge in [0, 0.05) is 12.3 Å². The summed E-state index contributed by atoms with van der Waals surface area (Å²) in [6.45, 7) is 4.06. The maximum absolute atomic E-state index is 12.0. The number of carbonyl (C=O) groups excluding carboxylic acids is 1. The minimum absolute atomic E-state index is 0.0956. The van der Waals surface area contributed by atoms with Gasteiger partial charge in [0.05, 0.1) is 0 Å². The largest absolute Gasteiger partial charge is 0.299 e. The SMILES string of the molecule is C=C1CCCC(=O)C(c2ccccc2)CC1. The van der Waals surface area contributed by atoms with Crippen molar-refractivity contribution in [2.75, 3.05) is 0 Å². The Bertz CT molecular complexity index is 378. The van der Waals surface area contributed by atoms with Crippen molar-refractivity contribution in [1.82, 2.24) is 0 Å². The Labute approximate surface area is 97.2 Å². The number of hydrogen-bond donors (Lipinski definition) is 0. The normalized spacial score (nSPS) is 22.6. The molecule has 0 saturated heterocycles. The average Bonchev–Trinajstić information content (AvgIpc) is 2.28. The number of Topliss-reactive ketones (excluding diaryl/α,β-unsaturated/α-hetero) is 1. The molecule has 1 nitrogen and oxygen atoms in total. The van der Waals surface area contributed by atoms with Crippen LogP contribution in [0.4, 0.5) is 0 Å². The number of hydrogen-bond acceptors (Lipinski definition) is 1. The Kier molecular flexibility index (Phi) is 3.55. The molecule has 1 aromatic carbocycles. The zero-order valence-corrected chi connectivity index (χ0v) is 9.61. The Morgan fingerprint density at radius 3 is 2.56 bits per heavy atom. The van der Waals surface area contributed by atoms with E-state index in [1.54, 1.807) is 0 Å². The van der Waals surface area contributed by atoms with E-state index < -0.39 is 0 Å². The molecule has 0 heterocycles. The number of carbonyl (C=O) groups is 1. The Morgan fingerprint density at radius 2 is 1.81 bits per heavy atom. The van der Waals surface area contributed by atoms with Crippen LogP contribution >= 0.6 is 0 Å². The molecule has 84 valence electrons. The fraction of sp³-hybridized carbons (Fsp3) is 0.400. The molecule has 1 saturated carbocycles. The first-order chi connectivity index (χ1) is 7.77. The van der Waals surface area contributed by atoms with Crippen LogP contribution in [0.2, 0.25) is 0 Å². The summed E-state index contributed by atoms with van der Waals surface area (Å²) in [4.78, 5) is 12.0. The predicted octanol–water partition coefficient (Wildman–Crippen LogP) is 3.86. The fourth-order valence-corrected chi connectivity index (χ4v) is 2.36. The molecule has 1 heteroatoms.